The summed E-state index contributed by atoms with van der Waals surface area (Å²) in [6, 6.07) is 4.52. The first-order valence-corrected chi connectivity index (χ1v) is 9.22. The molecule has 1 atom stereocenters. The number of hydrogen-bond acceptors (Lipinski definition) is 5. The van der Waals surface area contributed by atoms with Gasteiger partial charge in [0.25, 0.3) is 0 Å². The number of carboxylic acids is 1. The molecule has 1 aliphatic heterocycles. The molecule has 0 radical (unpaired) electrons. The van der Waals surface area contributed by atoms with Crippen molar-refractivity contribution in [3.63, 3.8) is 0 Å². The second-order valence-corrected chi connectivity index (χ2v) is 7.94. The highest BCUT2D eigenvalue weighted by Gasteiger charge is 2.53. The molecule has 1 fully saturated rings. The van der Waals surface area contributed by atoms with Crippen molar-refractivity contribution in [2.24, 2.45) is 0 Å². The Morgan fingerprint density at radius 3 is 2.64 bits per heavy atom. The first kappa shape index (κ1) is 19.4. The highest BCUT2D eigenvalue weighted by molar-refractivity contribution is 7.89. The fourth-order valence-electron chi connectivity index (χ4n) is 3.14. The second-order valence-electron chi connectivity index (χ2n) is 6.11. The molecule has 1 unspecified atom stereocenters. The van der Waals surface area contributed by atoms with E-state index < -0.39 is 21.5 Å². The molecule has 1 heterocycles. The Bertz CT molecular complexity index is 792. The maximum absolute atomic E-state index is 13.2. The maximum atomic E-state index is 13.2. The third kappa shape index (κ3) is 3.53. The van der Waals surface area contributed by atoms with Crippen molar-refractivity contribution in [3.05, 3.63) is 23.8 Å². The van der Waals surface area contributed by atoms with E-state index in [0.29, 0.717) is 17.7 Å². The van der Waals surface area contributed by atoms with Crippen molar-refractivity contribution in [2.75, 3.05) is 25.6 Å². The minimum absolute atomic E-state index is 0.0256. The first-order chi connectivity index (χ1) is 11.6. The average Bonchev–Trinajstić information content (AvgIpc) is 2.95. The lowest BCUT2D eigenvalue weighted by atomic mass is 9.99. The van der Waals surface area contributed by atoms with Crippen LogP contribution in [0.3, 0.4) is 0 Å². The quantitative estimate of drug-likeness (QED) is 0.778. The van der Waals surface area contributed by atoms with Crippen LogP contribution in [0.4, 0.5) is 5.69 Å². The Labute approximate surface area is 146 Å². The van der Waals surface area contributed by atoms with Gasteiger partial charge < -0.3 is 15.2 Å². The van der Waals surface area contributed by atoms with Gasteiger partial charge in [-0.1, -0.05) is 6.07 Å². The van der Waals surface area contributed by atoms with E-state index in [9.17, 15) is 23.1 Å². The molecule has 1 aromatic rings. The van der Waals surface area contributed by atoms with Crippen molar-refractivity contribution < 1.29 is 27.9 Å². The minimum Gasteiger partial charge on any atom is -0.480 e. The number of carbonyl (C=O) groups excluding carboxylic acids is 1. The molecule has 1 amide bonds. The van der Waals surface area contributed by atoms with Gasteiger partial charge in [-0.05, 0) is 37.5 Å². The first-order valence-electron chi connectivity index (χ1n) is 7.78. The Morgan fingerprint density at radius 1 is 1.40 bits per heavy atom. The lowest BCUT2D eigenvalue weighted by molar-refractivity contribution is -0.150. The summed E-state index contributed by atoms with van der Waals surface area (Å²) in [6.07, 6.45) is 0.610. The van der Waals surface area contributed by atoms with Crippen LogP contribution in [0, 0.1) is 6.92 Å². The molecular formula is C16H22N2O6S. The number of carboxylic acid groups (broad SMARTS) is 1. The molecule has 0 aromatic heterocycles. The smallest absolute Gasteiger partial charge is 0.327 e. The number of methoxy groups -OCH3 is 1. The van der Waals surface area contributed by atoms with E-state index in [2.05, 4.69) is 5.32 Å². The van der Waals surface area contributed by atoms with Crippen molar-refractivity contribution in [3.8, 4) is 0 Å². The van der Waals surface area contributed by atoms with Crippen LogP contribution in [-0.2, 0) is 24.3 Å². The van der Waals surface area contributed by atoms with Gasteiger partial charge in [0, 0.05) is 26.3 Å². The molecular weight excluding hydrogens is 348 g/mol. The number of nitrogens with one attached hydrogen (secondary N) is 1. The number of hydrogen-bond donors (Lipinski definition) is 2. The van der Waals surface area contributed by atoms with Crippen molar-refractivity contribution in [2.45, 2.75) is 37.1 Å². The van der Waals surface area contributed by atoms with Gasteiger partial charge in [0.15, 0.2) is 5.54 Å². The van der Waals surface area contributed by atoms with Crippen molar-refractivity contribution >= 4 is 27.6 Å². The van der Waals surface area contributed by atoms with E-state index in [1.54, 1.807) is 19.1 Å². The van der Waals surface area contributed by atoms with Gasteiger partial charge in [0.1, 0.15) is 0 Å². The molecule has 2 N–H and O–H groups in total. The number of carbonyl (C=O) groups is 2. The molecule has 8 nitrogen and oxygen atoms in total. The zero-order valence-corrected chi connectivity index (χ0v) is 15.2. The van der Waals surface area contributed by atoms with Crippen LogP contribution in [0.1, 0.15) is 25.3 Å². The highest BCUT2D eigenvalue weighted by atomic mass is 32.2. The molecule has 2 rings (SSSR count). The summed E-state index contributed by atoms with van der Waals surface area (Å²) in [6.45, 7) is 2.82. The zero-order valence-electron chi connectivity index (χ0n) is 14.4. The van der Waals surface area contributed by atoms with Crippen LogP contribution in [0.15, 0.2) is 23.1 Å². The van der Waals surface area contributed by atoms with E-state index in [0.717, 1.165) is 4.31 Å². The summed E-state index contributed by atoms with van der Waals surface area (Å²) in [5.41, 5.74) is -0.814. The topological polar surface area (TPSA) is 113 Å². The van der Waals surface area contributed by atoms with Crippen molar-refractivity contribution in [1.29, 1.82) is 0 Å². The number of rotatable bonds is 6. The molecule has 1 aromatic carbocycles. The van der Waals surface area contributed by atoms with Crippen LogP contribution < -0.4 is 5.32 Å². The summed E-state index contributed by atoms with van der Waals surface area (Å²) in [5, 5.41) is 12.2. The van der Waals surface area contributed by atoms with E-state index in [-0.39, 0.29) is 30.4 Å². The lowest BCUT2D eigenvalue weighted by Crippen LogP contribution is -2.56. The molecule has 25 heavy (non-hydrogen) atoms. The Kier molecular flexibility index (Phi) is 5.50. The largest absolute Gasteiger partial charge is 0.480 e. The fraction of sp³-hybridized carbons (Fsp3) is 0.500. The van der Waals surface area contributed by atoms with E-state index >= 15 is 0 Å². The SMILES string of the molecule is COCC1(C(=O)O)CCCN1S(=O)(=O)c1cc(NC(C)=O)ccc1C. The molecule has 0 bridgehead atoms. The van der Waals surface area contributed by atoms with Crippen molar-refractivity contribution in [1.82, 2.24) is 4.31 Å². The van der Waals surface area contributed by atoms with Crippen LogP contribution >= 0.6 is 0 Å². The predicted octanol–water partition coefficient (Wildman–Crippen LogP) is 1.21. The van der Waals surface area contributed by atoms with Gasteiger partial charge in [0.05, 0.1) is 11.5 Å². The van der Waals surface area contributed by atoms with Crippen LogP contribution in [-0.4, -0.2) is 55.5 Å². The Hall–Kier alpha value is -1.97. The van der Waals surface area contributed by atoms with Gasteiger partial charge in [-0.15, -0.1) is 0 Å². The molecule has 1 saturated heterocycles. The number of nitrogens with zero attached hydrogens (tertiary/aromatic N) is 1. The molecule has 1 aliphatic rings. The normalized spacial score (nSPS) is 21.2. The lowest BCUT2D eigenvalue weighted by Gasteiger charge is -2.33. The third-order valence-corrected chi connectivity index (χ3v) is 6.39. The highest BCUT2D eigenvalue weighted by Crippen LogP contribution is 2.36. The van der Waals surface area contributed by atoms with Gasteiger partial charge >= 0.3 is 5.97 Å². The summed E-state index contributed by atoms with van der Waals surface area (Å²) in [7, 11) is -2.74. The monoisotopic (exact) mass is 370 g/mol. The molecule has 0 aliphatic carbocycles. The third-order valence-electron chi connectivity index (χ3n) is 4.29. The number of aryl methyl sites for hydroxylation is 1. The van der Waals surface area contributed by atoms with E-state index in [1.165, 1.54) is 20.1 Å². The number of sulfonamides is 1. The standard InChI is InChI=1S/C16H22N2O6S/c1-11-5-6-13(17-12(2)19)9-14(11)25(22,23)18-8-4-7-16(18,10-24-3)15(20)21/h5-6,9H,4,7-8,10H2,1-3H3,(H,17,19)(H,20,21). The summed E-state index contributed by atoms with van der Waals surface area (Å²) in [5.74, 6) is -1.56. The van der Waals surface area contributed by atoms with Gasteiger partial charge in [-0.25, -0.2) is 8.42 Å². The summed E-state index contributed by atoms with van der Waals surface area (Å²) in [4.78, 5) is 23.1. The fourth-order valence-corrected chi connectivity index (χ4v) is 5.18. The van der Waals surface area contributed by atoms with Crippen LogP contribution in [0.2, 0.25) is 0 Å². The number of amides is 1. The van der Waals surface area contributed by atoms with E-state index in [1.807, 2.05) is 0 Å². The molecule has 9 heteroatoms. The summed E-state index contributed by atoms with van der Waals surface area (Å²) < 4.78 is 32.4. The molecule has 0 saturated carbocycles. The second kappa shape index (κ2) is 7.11. The average molecular weight is 370 g/mol. The van der Waals surface area contributed by atoms with Gasteiger partial charge in [-0.3, -0.25) is 9.59 Å². The number of benzene rings is 1. The maximum Gasteiger partial charge on any atom is 0.327 e. The minimum atomic E-state index is -4.08. The number of aliphatic carboxylic acids is 1. The van der Waals surface area contributed by atoms with Crippen LogP contribution in [0.5, 0.6) is 0 Å². The number of ether oxygens (including phenoxy) is 1. The summed E-state index contributed by atoms with van der Waals surface area (Å²) >= 11 is 0. The number of anilines is 1. The zero-order chi connectivity index (χ0) is 18.8. The van der Waals surface area contributed by atoms with Gasteiger partial charge in [-0.2, -0.15) is 4.31 Å². The van der Waals surface area contributed by atoms with Gasteiger partial charge in [0.2, 0.25) is 15.9 Å². The predicted molar refractivity (Wildman–Crippen MR) is 90.9 cm³/mol. The van der Waals surface area contributed by atoms with E-state index in [4.69, 9.17) is 4.74 Å². The molecule has 138 valence electrons. The Balaban J connectivity index is 2.54. The molecule has 0 spiro atoms. The van der Waals surface area contributed by atoms with Crippen LogP contribution in [0.25, 0.3) is 0 Å². The Morgan fingerprint density at radius 2 is 2.08 bits per heavy atom.